The lowest BCUT2D eigenvalue weighted by atomic mass is 9.96. The van der Waals surface area contributed by atoms with Crippen LogP contribution in [0.3, 0.4) is 0 Å². The van der Waals surface area contributed by atoms with Gasteiger partial charge in [-0.05, 0) is 5.41 Å². The van der Waals surface area contributed by atoms with Gasteiger partial charge in [0, 0.05) is 13.1 Å². The summed E-state index contributed by atoms with van der Waals surface area (Å²) >= 11 is 0. The van der Waals surface area contributed by atoms with Crippen molar-refractivity contribution in [2.75, 3.05) is 19.6 Å². The number of amides is 1. The van der Waals surface area contributed by atoms with Crippen LogP contribution in [0.15, 0.2) is 0 Å². The highest BCUT2D eigenvalue weighted by molar-refractivity contribution is 5.69. The van der Waals surface area contributed by atoms with Crippen LogP contribution in [0.25, 0.3) is 0 Å². The standard InChI is InChI=1S/C9H18N2O2/c1-9(2,3)6-11-5-7(4-10)13-8(11)12/h7H,4-6,10H2,1-3H3. The second-order valence-electron chi connectivity index (χ2n) is 4.68. The molecule has 0 aromatic carbocycles. The summed E-state index contributed by atoms with van der Waals surface area (Å²) in [6.07, 6.45) is -0.347. The average Bonchev–Trinajstić information content (AvgIpc) is 2.29. The van der Waals surface area contributed by atoms with E-state index < -0.39 is 0 Å². The summed E-state index contributed by atoms with van der Waals surface area (Å²) in [5.74, 6) is 0. The molecule has 0 aromatic rings. The van der Waals surface area contributed by atoms with Crippen molar-refractivity contribution in [3.8, 4) is 0 Å². The van der Waals surface area contributed by atoms with Crippen LogP contribution in [0.1, 0.15) is 20.8 Å². The Balaban J connectivity index is 2.49. The Morgan fingerprint density at radius 1 is 1.62 bits per heavy atom. The van der Waals surface area contributed by atoms with E-state index in [0.29, 0.717) is 13.1 Å². The van der Waals surface area contributed by atoms with Crippen molar-refractivity contribution in [1.29, 1.82) is 0 Å². The van der Waals surface area contributed by atoms with Gasteiger partial charge < -0.3 is 15.4 Å². The molecule has 0 bridgehead atoms. The molecule has 1 aliphatic rings. The first-order valence-corrected chi connectivity index (χ1v) is 4.58. The zero-order chi connectivity index (χ0) is 10.1. The summed E-state index contributed by atoms with van der Waals surface area (Å²) in [7, 11) is 0. The molecule has 0 radical (unpaired) electrons. The maximum absolute atomic E-state index is 11.3. The molecule has 2 N–H and O–H groups in total. The minimum Gasteiger partial charge on any atom is -0.443 e. The summed E-state index contributed by atoms with van der Waals surface area (Å²) in [5.41, 5.74) is 5.53. The number of carbonyl (C=O) groups excluding carboxylic acids is 1. The summed E-state index contributed by atoms with van der Waals surface area (Å²) in [5, 5.41) is 0. The molecule has 1 rings (SSSR count). The van der Waals surface area contributed by atoms with Gasteiger partial charge in [0.1, 0.15) is 6.10 Å². The molecule has 1 amide bonds. The van der Waals surface area contributed by atoms with E-state index in [2.05, 4.69) is 20.8 Å². The lowest BCUT2D eigenvalue weighted by Crippen LogP contribution is -2.34. The van der Waals surface area contributed by atoms with Gasteiger partial charge in [0.15, 0.2) is 0 Å². The molecule has 1 saturated heterocycles. The van der Waals surface area contributed by atoms with Crippen LogP contribution in [-0.4, -0.2) is 36.7 Å². The number of ether oxygens (including phenoxy) is 1. The van der Waals surface area contributed by atoms with Crippen molar-refractivity contribution < 1.29 is 9.53 Å². The highest BCUT2D eigenvalue weighted by Gasteiger charge is 2.32. The molecule has 4 heteroatoms. The minimum atomic E-state index is -0.231. The van der Waals surface area contributed by atoms with Crippen molar-refractivity contribution in [2.45, 2.75) is 26.9 Å². The van der Waals surface area contributed by atoms with Crippen LogP contribution >= 0.6 is 0 Å². The largest absolute Gasteiger partial charge is 0.443 e. The Hall–Kier alpha value is -0.770. The molecular weight excluding hydrogens is 168 g/mol. The fourth-order valence-corrected chi connectivity index (χ4v) is 1.40. The van der Waals surface area contributed by atoms with E-state index in [1.54, 1.807) is 4.90 Å². The molecule has 1 unspecified atom stereocenters. The van der Waals surface area contributed by atoms with Gasteiger partial charge in [-0.1, -0.05) is 20.8 Å². The molecule has 0 spiro atoms. The molecule has 4 nitrogen and oxygen atoms in total. The van der Waals surface area contributed by atoms with E-state index in [-0.39, 0.29) is 17.6 Å². The van der Waals surface area contributed by atoms with E-state index in [4.69, 9.17) is 10.5 Å². The monoisotopic (exact) mass is 186 g/mol. The van der Waals surface area contributed by atoms with Gasteiger partial charge in [0.25, 0.3) is 0 Å². The summed E-state index contributed by atoms with van der Waals surface area (Å²) < 4.78 is 5.03. The van der Waals surface area contributed by atoms with Crippen LogP contribution < -0.4 is 5.73 Å². The second-order valence-corrected chi connectivity index (χ2v) is 4.68. The highest BCUT2D eigenvalue weighted by atomic mass is 16.6. The number of nitrogens with zero attached hydrogens (tertiary/aromatic N) is 1. The predicted molar refractivity (Wildman–Crippen MR) is 50.4 cm³/mol. The van der Waals surface area contributed by atoms with E-state index in [0.717, 1.165) is 6.54 Å². The van der Waals surface area contributed by atoms with Crippen molar-refractivity contribution in [3.05, 3.63) is 0 Å². The Labute approximate surface area is 79.0 Å². The van der Waals surface area contributed by atoms with Gasteiger partial charge in [-0.2, -0.15) is 0 Å². The molecule has 1 aliphatic heterocycles. The molecule has 76 valence electrons. The normalized spacial score (nSPS) is 23.5. The zero-order valence-corrected chi connectivity index (χ0v) is 8.54. The van der Waals surface area contributed by atoms with E-state index in [9.17, 15) is 4.79 Å². The van der Waals surface area contributed by atoms with Crippen molar-refractivity contribution in [1.82, 2.24) is 4.90 Å². The zero-order valence-electron chi connectivity index (χ0n) is 8.54. The van der Waals surface area contributed by atoms with Gasteiger partial charge in [-0.3, -0.25) is 0 Å². The van der Waals surface area contributed by atoms with Crippen LogP contribution in [-0.2, 0) is 4.74 Å². The van der Waals surface area contributed by atoms with Crippen LogP contribution in [0, 0.1) is 5.41 Å². The van der Waals surface area contributed by atoms with Crippen molar-refractivity contribution in [2.24, 2.45) is 11.1 Å². The minimum absolute atomic E-state index is 0.114. The Morgan fingerprint density at radius 2 is 2.23 bits per heavy atom. The maximum atomic E-state index is 11.3. The predicted octanol–water partition coefficient (Wildman–Crippen LogP) is 0.812. The first-order valence-electron chi connectivity index (χ1n) is 4.58. The van der Waals surface area contributed by atoms with Gasteiger partial charge in [-0.25, -0.2) is 4.79 Å². The topological polar surface area (TPSA) is 55.6 Å². The second kappa shape index (κ2) is 3.54. The van der Waals surface area contributed by atoms with Gasteiger partial charge in [-0.15, -0.1) is 0 Å². The van der Waals surface area contributed by atoms with E-state index in [1.165, 1.54) is 0 Å². The number of carbonyl (C=O) groups is 1. The number of nitrogens with two attached hydrogens (primary N) is 1. The summed E-state index contributed by atoms with van der Waals surface area (Å²) in [4.78, 5) is 13.0. The highest BCUT2D eigenvalue weighted by Crippen LogP contribution is 2.19. The van der Waals surface area contributed by atoms with Gasteiger partial charge >= 0.3 is 6.09 Å². The lowest BCUT2D eigenvalue weighted by Gasteiger charge is -2.24. The number of hydrogen-bond acceptors (Lipinski definition) is 3. The molecule has 13 heavy (non-hydrogen) atoms. The quantitative estimate of drug-likeness (QED) is 0.694. The van der Waals surface area contributed by atoms with Gasteiger partial charge in [0.2, 0.25) is 0 Å². The molecule has 0 saturated carbocycles. The first-order chi connectivity index (χ1) is 5.92. The van der Waals surface area contributed by atoms with E-state index >= 15 is 0 Å². The third-order valence-electron chi connectivity index (χ3n) is 1.88. The number of rotatable bonds is 2. The lowest BCUT2D eigenvalue weighted by molar-refractivity contribution is 0.130. The van der Waals surface area contributed by atoms with Crippen LogP contribution in [0.2, 0.25) is 0 Å². The van der Waals surface area contributed by atoms with Gasteiger partial charge in [0.05, 0.1) is 6.54 Å². The first kappa shape index (κ1) is 10.3. The van der Waals surface area contributed by atoms with Crippen LogP contribution in [0.5, 0.6) is 0 Å². The van der Waals surface area contributed by atoms with Crippen LogP contribution in [0.4, 0.5) is 4.79 Å². The fraction of sp³-hybridized carbons (Fsp3) is 0.889. The number of cyclic esters (lactones) is 1. The summed E-state index contributed by atoms with van der Waals surface area (Å²) in [6.45, 7) is 8.05. The molecule has 1 heterocycles. The number of hydrogen-bond donors (Lipinski definition) is 1. The average molecular weight is 186 g/mol. The molecular formula is C9H18N2O2. The third kappa shape index (κ3) is 2.88. The Kier molecular flexibility index (Phi) is 2.81. The molecule has 1 fully saturated rings. The maximum Gasteiger partial charge on any atom is 0.410 e. The Bertz CT molecular complexity index is 198. The van der Waals surface area contributed by atoms with E-state index in [1.807, 2.05) is 0 Å². The SMILES string of the molecule is CC(C)(C)CN1CC(CN)OC1=O. The smallest absolute Gasteiger partial charge is 0.410 e. The fourth-order valence-electron chi connectivity index (χ4n) is 1.40. The third-order valence-corrected chi connectivity index (χ3v) is 1.88. The van der Waals surface area contributed by atoms with Crippen molar-refractivity contribution in [3.63, 3.8) is 0 Å². The van der Waals surface area contributed by atoms with Crippen molar-refractivity contribution >= 4 is 6.09 Å². The summed E-state index contributed by atoms with van der Waals surface area (Å²) in [6, 6.07) is 0. The molecule has 0 aliphatic carbocycles. The Morgan fingerprint density at radius 3 is 2.62 bits per heavy atom. The molecule has 0 aromatic heterocycles. The molecule has 1 atom stereocenters.